The third kappa shape index (κ3) is 11.3. The molecule has 2 aromatic rings. The molecule has 2 rings (SSSR count). The van der Waals surface area contributed by atoms with Gasteiger partial charge in [0.15, 0.2) is 6.10 Å². The summed E-state index contributed by atoms with van der Waals surface area (Å²) in [4.78, 5) is 40.9. The van der Waals surface area contributed by atoms with Crippen molar-refractivity contribution in [3.8, 4) is 0 Å². The van der Waals surface area contributed by atoms with Gasteiger partial charge >= 0.3 is 6.09 Å². The van der Waals surface area contributed by atoms with Gasteiger partial charge in [-0.2, -0.15) is 5.48 Å². The quantitative estimate of drug-likeness (QED) is 0.195. The predicted molar refractivity (Wildman–Crippen MR) is 133 cm³/mol. The van der Waals surface area contributed by atoms with E-state index in [1.54, 1.807) is 20.8 Å². The third-order valence-electron chi connectivity index (χ3n) is 4.67. The van der Waals surface area contributed by atoms with Crippen LogP contribution in [-0.4, -0.2) is 56.5 Å². The number of benzene rings is 2. The largest absolute Gasteiger partial charge is 0.442 e. The lowest BCUT2D eigenvalue weighted by atomic mass is 10.0. The lowest BCUT2D eigenvalue weighted by Crippen LogP contribution is -2.45. The molecule has 0 aliphatic rings. The van der Waals surface area contributed by atoms with Crippen LogP contribution in [0.1, 0.15) is 37.9 Å². The van der Waals surface area contributed by atoms with Crippen LogP contribution in [0.3, 0.4) is 0 Å². The van der Waals surface area contributed by atoms with Crippen molar-refractivity contribution >= 4 is 18.4 Å². The number of carbonyl (C=O) groups is 3. The zero-order chi connectivity index (χ0) is 26.2. The summed E-state index contributed by atoms with van der Waals surface area (Å²) in [5.41, 5.74) is 3.19. The molecule has 0 saturated carbocycles. The highest BCUT2D eigenvalue weighted by Crippen LogP contribution is 2.20. The van der Waals surface area contributed by atoms with E-state index < -0.39 is 23.8 Å². The van der Waals surface area contributed by atoms with Gasteiger partial charge in [0.05, 0.1) is 32.5 Å². The van der Waals surface area contributed by atoms with E-state index in [1.807, 2.05) is 60.7 Å². The Balaban J connectivity index is 1.83. The lowest BCUT2D eigenvalue weighted by Gasteiger charge is -2.26. The molecule has 0 aliphatic carbocycles. The number of hydroxylamine groups is 1. The first-order valence-corrected chi connectivity index (χ1v) is 11.7. The molecule has 2 unspecified atom stereocenters. The highest BCUT2D eigenvalue weighted by atomic mass is 16.7. The maximum atomic E-state index is 13.0. The van der Waals surface area contributed by atoms with Crippen molar-refractivity contribution in [1.29, 1.82) is 0 Å². The fraction of sp³-hybridized carbons (Fsp3) is 0.423. The Morgan fingerprint density at radius 2 is 1.61 bits per heavy atom. The van der Waals surface area contributed by atoms with Gasteiger partial charge in [0.25, 0.3) is 5.91 Å². The molecule has 3 N–H and O–H groups in total. The fourth-order valence-electron chi connectivity index (χ4n) is 3.13. The van der Waals surface area contributed by atoms with Gasteiger partial charge in [-0.15, -0.1) is 0 Å². The first kappa shape index (κ1) is 28.8. The highest BCUT2D eigenvalue weighted by Gasteiger charge is 2.30. The molecule has 2 atom stereocenters. The van der Waals surface area contributed by atoms with E-state index in [0.29, 0.717) is 6.41 Å². The predicted octanol–water partition coefficient (Wildman–Crippen LogP) is 2.65. The normalized spacial score (nSPS) is 12.8. The SMILES string of the molecule is CC(C)(C)OC(=O)NOCCOCCNC(=O)C(OCc1ccccc1)C(NC=O)c1ccccc1. The first-order valence-electron chi connectivity index (χ1n) is 11.7. The van der Waals surface area contributed by atoms with E-state index in [-0.39, 0.29) is 38.9 Å². The molecule has 0 aliphatic heterocycles. The van der Waals surface area contributed by atoms with Crippen molar-refractivity contribution in [2.45, 2.75) is 45.1 Å². The maximum Gasteiger partial charge on any atom is 0.431 e. The number of nitrogens with one attached hydrogen (secondary N) is 3. The van der Waals surface area contributed by atoms with Gasteiger partial charge in [-0.3, -0.25) is 14.4 Å². The maximum absolute atomic E-state index is 13.0. The van der Waals surface area contributed by atoms with Crippen molar-refractivity contribution in [3.05, 3.63) is 71.8 Å². The van der Waals surface area contributed by atoms with Crippen molar-refractivity contribution < 1.29 is 33.4 Å². The van der Waals surface area contributed by atoms with Gasteiger partial charge in [0.2, 0.25) is 6.41 Å². The van der Waals surface area contributed by atoms with E-state index in [4.69, 9.17) is 19.0 Å². The van der Waals surface area contributed by atoms with Crippen LogP contribution in [0.5, 0.6) is 0 Å². The van der Waals surface area contributed by atoms with E-state index in [2.05, 4.69) is 16.1 Å². The number of hydrogen-bond acceptors (Lipinski definition) is 7. The summed E-state index contributed by atoms with van der Waals surface area (Å²) in [6, 6.07) is 17.9. The molecule has 3 amide bonds. The van der Waals surface area contributed by atoms with Crippen LogP contribution in [0.2, 0.25) is 0 Å². The second-order valence-electron chi connectivity index (χ2n) is 8.75. The molecule has 0 spiro atoms. The van der Waals surface area contributed by atoms with E-state index in [1.165, 1.54) is 0 Å². The molecular weight excluding hydrogens is 466 g/mol. The van der Waals surface area contributed by atoms with Gasteiger partial charge in [-0.25, -0.2) is 4.79 Å². The summed E-state index contributed by atoms with van der Waals surface area (Å²) < 4.78 is 16.4. The summed E-state index contributed by atoms with van der Waals surface area (Å²) in [5, 5.41) is 5.49. The average Bonchev–Trinajstić information content (AvgIpc) is 2.85. The lowest BCUT2D eigenvalue weighted by molar-refractivity contribution is -0.136. The molecule has 0 saturated heterocycles. The van der Waals surface area contributed by atoms with Crippen molar-refractivity contribution in [2.24, 2.45) is 0 Å². The minimum atomic E-state index is -0.973. The van der Waals surface area contributed by atoms with Crippen LogP contribution in [-0.2, 0) is 35.2 Å². The second-order valence-corrected chi connectivity index (χ2v) is 8.75. The van der Waals surface area contributed by atoms with Crippen LogP contribution >= 0.6 is 0 Å². The molecule has 0 bridgehead atoms. The Hall–Kier alpha value is -3.47. The summed E-state index contributed by atoms with van der Waals surface area (Å²) in [7, 11) is 0. The smallest absolute Gasteiger partial charge is 0.431 e. The third-order valence-corrected chi connectivity index (χ3v) is 4.67. The Morgan fingerprint density at radius 3 is 2.25 bits per heavy atom. The second kappa shape index (κ2) is 15.5. The van der Waals surface area contributed by atoms with Gasteiger partial charge < -0.3 is 24.8 Å². The summed E-state index contributed by atoms with van der Waals surface area (Å²) >= 11 is 0. The van der Waals surface area contributed by atoms with Crippen LogP contribution in [0.15, 0.2) is 60.7 Å². The molecule has 0 radical (unpaired) electrons. The molecule has 2 aromatic carbocycles. The monoisotopic (exact) mass is 501 g/mol. The van der Waals surface area contributed by atoms with Crippen LogP contribution in [0.25, 0.3) is 0 Å². The summed E-state index contributed by atoms with van der Waals surface area (Å²) in [5.74, 6) is -0.388. The fourth-order valence-corrected chi connectivity index (χ4v) is 3.13. The van der Waals surface area contributed by atoms with Crippen LogP contribution in [0, 0.1) is 0 Å². The van der Waals surface area contributed by atoms with Crippen molar-refractivity contribution in [2.75, 3.05) is 26.4 Å². The Morgan fingerprint density at radius 1 is 0.944 bits per heavy atom. The zero-order valence-corrected chi connectivity index (χ0v) is 20.9. The molecule has 10 heteroatoms. The number of amides is 3. The highest BCUT2D eigenvalue weighted by molar-refractivity contribution is 5.82. The minimum absolute atomic E-state index is 0.106. The topological polar surface area (TPSA) is 124 Å². The average molecular weight is 502 g/mol. The van der Waals surface area contributed by atoms with E-state index in [0.717, 1.165) is 11.1 Å². The molecule has 10 nitrogen and oxygen atoms in total. The van der Waals surface area contributed by atoms with Crippen molar-refractivity contribution in [3.63, 3.8) is 0 Å². The summed E-state index contributed by atoms with van der Waals surface area (Å²) in [6.45, 7) is 6.17. The van der Waals surface area contributed by atoms with E-state index in [9.17, 15) is 14.4 Å². The Kier molecular flexibility index (Phi) is 12.4. The van der Waals surface area contributed by atoms with E-state index >= 15 is 0 Å². The molecule has 0 aromatic heterocycles. The number of carbonyl (C=O) groups excluding carboxylic acids is 3. The zero-order valence-electron chi connectivity index (χ0n) is 20.9. The van der Waals surface area contributed by atoms with Gasteiger partial charge in [-0.05, 0) is 31.9 Å². The standard InChI is InChI=1S/C26H35N3O7/c1-26(2,3)36-25(32)29-35-17-16-33-15-14-27-24(31)23(34-18-20-10-6-4-7-11-20)22(28-19-30)21-12-8-5-9-13-21/h4-13,19,22-23H,14-18H2,1-3H3,(H,27,31)(H,28,30)(H,29,32). The Bertz CT molecular complexity index is 920. The molecule has 0 heterocycles. The van der Waals surface area contributed by atoms with Crippen LogP contribution < -0.4 is 16.1 Å². The molecule has 0 fully saturated rings. The number of rotatable bonds is 15. The first-order chi connectivity index (χ1) is 17.3. The number of hydrogen-bond donors (Lipinski definition) is 3. The molecule has 36 heavy (non-hydrogen) atoms. The van der Waals surface area contributed by atoms with Crippen molar-refractivity contribution in [1.82, 2.24) is 16.1 Å². The van der Waals surface area contributed by atoms with Gasteiger partial charge in [0, 0.05) is 6.54 Å². The number of ether oxygens (including phenoxy) is 3. The van der Waals surface area contributed by atoms with Gasteiger partial charge in [0.1, 0.15) is 5.60 Å². The van der Waals surface area contributed by atoms with Gasteiger partial charge in [-0.1, -0.05) is 60.7 Å². The molecular formula is C26H35N3O7. The molecule has 196 valence electrons. The minimum Gasteiger partial charge on any atom is -0.442 e. The summed E-state index contributed by atoms with van der Waals surface area (Å²) in [6.07, 6.45) is -1.11. The Labute approximate surface area is 211 Å². The van der Waals surface area contributed by atoms with Crippen LogP contribution in [0.4, 0.5) is 4.79 Å².